The Morgan fingerprint density at radius 1 is 1.29 bits per heavy atom. The molecule has 0 radical (unpaired) electrons. The Balaban J connectivity index is 1.80. The summed E-state index contributed by atoms with van der Waals surface area (Å²) in [6, 6.07) is 7.46. The van der Waals surface area contributed by atoms with E-state index in [0.29, 0.717) is 6.04 Å². The smallest absolute Gasteiger partial charge is 0.0522 e. The number of nitrogens with zero attached hydrogens (tertiary/aromatic N) is 2. The molecule has 1 N–H and O–H groups in total. The Bertz CT molecular complexity index is 600. The standard InChI is InChI=1S/C18H25N3/c1-3-9-19-18(10-14-12-20-21(2)13-14)17-8-7-15-5-4-6-16(15)11-17/h7-8,11-13,18-19H,3-6,9-10H2,1-2H3. The zero-order valence-corrected chi connectivity index (χ0v) is 13.1. The van der Waals surface area contributed by atoms with Crippen molar-refractivity contribution in [1.29, 1.82) is 0 Å². The van der Waals surface area contributed by atoms with E-state index < -0.39 is 0 Å². The van der Waals surface area contributed by atoms with Crippen molar-refractivity contribution in [3.63, 3.8) is 0 Å². The molecular weight excluding hydrogens is 258 g/mol. The van der Waals surface area contributed by atoms with Gasteiger partial charge in [-0.2, -0.15) is 5.10 Å². The van der Waals surface area contributed by atoms with Gasteiger partial charge in [-0.05, 0) is 60.9 Å². The molecule has 3 nitrogen and oxygen atoms in total. The largest absolute Gasteiger partial charge is 0.310 e. The second-order valence-electron chi connectivity index (χ2n) is 6.11. The number of fused-ring (bicyclic) bond motifs is 1. The summed E-state index contributed by atoms with van der Waals surface area (Å²) >= 11 is 0. The number of rotatable bonds is 6. The molecule has 1 unspecified atom stereocenters. The van der Waals surface area contributed by atoms with Crippen molar-refractivity contribution < 1.29 is 0 Å². The van der Waals surface area contributed by atoms with Crippen molar-refractivity contribution in [2.45, 2.75) is 45.1 Å². The van der Waals surface area contributed by atoms with Crippen LogP contribution in [0.5, 0.6) is 0 Å². The van der Waals surface area contributed by atoms with E-state index in [2.05, 4.69) is 41.7 Å². The number of benzene rings is 1. The third-order valence-corrected chi connectivity index (χ3v) is 4.36. The summed E-state index contributed by atoms with van der Waals surface area (Å²) in [6.07, 6.45) is 10.1. The van der Waals surface area contributed by atoms with Gasteiger partial charge in [0.25, 0.3) is 0 Å². The Morgan fingerprint density at radius 3 is 2.90 bits per heavy atom. The van der Waals surface area contributed by atoms with E-state index in [0.717, 1.165) is 19.4 Å². The fourth-order valence-corrected chi connectivity index (χ4v) is 3.25. The van der Waals surface area contributed by atoms with Crippen LogP contribution < -0.4 is 5.32 Å². The van der Waals surface area contributed by atoms with Gasteiger partial charge in [0, 0.05) is 19.3 Å². The lowest BCUT2D eigenvalue weighted by Gasteiger charge is -2.19. The van der Waals surface area contributed by atoms with Gasteiger partial charge in [0.05, 0.1) is 6.20 Å². The molecule has 3 rings (SSSR count). The quantitative estimate of drug-likeness (QED) is 0.882. The van der Waals surface area contributed by atoms with E-state index >= 15 is 0 Å². The Labute approximate surface area is 127 Å². The molecule has 0 fully saturated rings. The number of aromatic nitrogens is 2. The lowest BCUT2D eigenvalue weighted by atomic mass is 9.97. The highest BCUT2D eigenvalue weighted by molar-refractivity contribution is 5.37. The first-order chi connectivity index (χ1) is 10.3. The lowest BCUT2D eigenvalue weighted by molar-refractivity contribution is 0.529. The van der Waals surface area contributed by atoms with Gasteiger partial charge in [-0.1, -0.05) is 25.1 Å². The first-order valence-electron chi connectivity index (χ1n) is 8.09. The van der Waals surface area contributed by atoms with Crippen LogP contribution in [0.15, 0.2) is 30.6 Å². The minimum atomic E-state index is 0.389. The maximum atomic E-state index is 4.29. The van der Waals surface area contributed by atoms with E-state index in [1.165, 1.54) is 30.4 Å². The highest BCUT2D eigenvalue weighted by Gasteiger charge is 2.16. The van der Waals surface area contributed by atoms with Gasteiger partial charge in [-0.3, -0.25) is 4.68 Å². The zero-order chi connectivity index (χ0) is 14.7. The maximum Gasteiger partial charge on any atom is 0.0522 e. The van der Waals surface area contributed by atoms with Crippen molar-refractivity contribution >= 4 is 0 Å². The predicted molar refractivity (Wildman–Crippen MR) is 86.4 cm³/mol. The van der Waals surface area contributed by atoms with E-state index in [4.69, 9.17) is 0 Å². The second-order valence-corrected chi connectivity index (χ2v) is 6.11. The van der Waals surface area contributed by atoms with Crippen LogP contribution in [0.1, 0.15) is 48.1 Å². The first-order valence-corrected chi connectivity index (χ1v) is 8.09. The van der Waals surface area contributed by atoms with Crippen LogP contribution in [-0.4, -0.2) is 16.3 Å². The molecule has 1 atom stereocenters. The number of aryl methyl sites for hydroxylation is 3. The molecule has 3 heteroatoms. The molecule has 21 heavy (non-hydrogen) atoms. The van der Waals surface area contributed by atoms with Gasteiger partial charge in [0.2, 0.25) is 0 Å². The summed E-state index contributed by atoms with van der Waals surface area (Å²) in [7, 11) is 1.98. The van der Waals surface area contributed by atoms with Gasteiger partial charge < -0.3 is 5.32 Å². The third kappa shape index (κ3) is 3.35. The summed E-state index contributed by atoms with van der Waals surface area (Å²) in [6.45, 7) is 3.28. The average Bonchev–Trinajstić information content (AvgIpc) is 3.11. The average molecular weight is 283 g/mol. The molecule has 0 spiro atoms. The molecule has 1 aliphatic rings. The summed E-state index contributed by atoms with van der Waals surface area (Å²) in [5.41, 5.74) is 5.83. The minimum absolute atomic E-state index is 0.389. The molecule has 0 aliphatic heterocycles. The monoisotopic (exact) mass is 283 g/mol. The number of nitrogens with one attached hydrogen (secondary N) is 1. The van der Waals surface area contributed by atoms with Crippen molar-refractivity contribution in [3.8, 4) is 0 Å². The van der Waals surface area contributed by atoms with Crippen LogP contribution in [0.4, 0.5) is 0 Å². The van der Waals surface area contributed by atoms with E-state index in [1.54, 1.807) is 11.1 Å². The van der Waals surface area contributed by atoms with Crippen LogP contribution in [0.3, 0.4) is 0 Å². The van der Waals surface area contributed by atoms with Crippen LogP contribution in [-0.2, 0) is 26.3 Å². The molecule has 2 aromatic rings. The molecule has 0 bridgehead atoms. The number of hydrogen-bond donors (Lipinski definition) is 1. The zero-order valence-electron chi connectivity index (χ0n) is 13.1. The molecule has 1 aliphatic carbocycles. The topological polar surface area (TPSA) is 29.9 Å². The molecule has 0 amide bonds. The predicted octanol–water partition coefficient (Wildman–Crippen LogP) is 3.19. The van der Waals surface area contributed by atoms with Crippen molar-refractivity contribution in [3.05, 3.63) is 52.8 Å². The minimum Gasteiger partial charge on any atom is -0.310 e. The molecule has 0 saturated carbocycles. The van der Waals surface area contributed by atoms with Crippen LogP contribution >= 0.6 is 0 Å². The van der Waals surface area contributed by atoms with Crippen molar-refractivity contribution in [1.82, 2.24) is 15.1 Å². The van der Waals surface area contributed by atoms with Gasteiger partial charge in [0.15, 0.2) is 0 Å². The van der Waals surface area contributed by atoms with Gasteiger partial charge in [-0.15, -0.1) is 0 Å². The maximum absolute atomic E-state index is 4.29. The Morgan fingerprint density at radius 2 is 2.14 bits per heavy atom. The fourth-order valence-electron chi connectivity index (χ4n) is 3.25. The highest BCUT2D eigenvalue weighted by atomic mass is 15.2. The van der Waals surface area contributed by atoms with E-state index in [1.807, 2.05) is 17.9 Å². The summed E-state index contributed by atoms with van der Waals surface area (Å²) in [4.78, 5) is 0. The van der Waals surface area contributed by atoms with Crippen molar-refractivity contribution in [2.75, 3.05) is 6.54 Å². The summed E-state index contributed by atoms with van der Waals surface area (Å²) in [5, 5.41) is 7.99. The SMILES string of the molecule is CCCNC(Cc1cnn(C)c1)c1ccc2c(c1)CCC2. The van der Waals surface area contributed by atoms with Crippen LogP contribution in [0.25, 0.3) is 0 Å². The fraction of sp³-hybridized carbons (Fsp3) is 0.500. The normalized spacial score (nSPS) is 15.1. The van der Waals surface area contributed by atoms with Crippen LogP contribution in [0, 0.1) is 0 Å². The van der Waals surface area contributed by atoms with E-state index in [9.17, 15) is 0 Å². The van der Waals surface area contributed by atoms with Gasteiger partial charge >= 0.3 is 0 Å². The third-order valence-electron chi connectivity index (χ3n) is 4.36. The van der Waals surface area contributed by atoms with E-state index in [-0.39, 0.29) is 0 Å². The number of hydrogen-bond acceptors (Lipinski definition) is 2. The molecule has 1 heterocycles. The molecule has 112 valence electrons. The summed E-state index contributed by atoms with van der Waals surface area (Å²) in [5.74, 6) is 0. The first kappa shape index (κ1) is 14.3. The van der Waals surface area contributed by atoms with Crippen LogP contribution in [0.2, 0.25) is 0 Å². The lowest BCUT2D eigenvalue weighted by Crippen LogP contribution is -2.24. The Hall–Kier alpha value is -1.61. The van der Waals surface area contributed by atoms with Gasteiger partial charge in [0.1, 0.15) is 0 Å². The summed E-state index contributed by atoms with van der Waals surface area (Å²) < 4.78 is 1.88. The van der Waals surface area contributed by atoms with Gasteiger partial charge in [-0.25, -0.2) is 0 Å². The molecule has 0 saturated heterocycles. The molecule has 1 aromatic carbocycles. The highest BCUT2D eigenvalue weighted by Crippen LogP contribution is 2.27. The molecular formula is C18H25N3. The molecule has 1 aromatic heterocycles. The van der Waals surface area contributed by atoms with Crippen molar-refractivity contribution in [2.24, 2.45) is 7.05 Å². The Kier molecular flexibility index (Phi) is 4.39. The second kappa shape index (κ2) is 6.44.